The summed E-state index contributed by atoms with van der Waals surface area (Å²) in [4.78, 5) is 37.5. The number of para-hydroxylation sites is 1. The molecule has 4 aromatic rings. The topological polar surface area (TPSA) is 85.5 Å². The summed E-state index contributed by atoms with van der Waals surface area (Å²) in [5, 5.41) is 12.5. The molecule has 0 aliphatic carbocycles. The van der Waals surface area contributed by atoms with E-state index in [-0.39, 0.29) is 17.5 Å². The van der Waals surface area contributed by atoms with Crippen molar-refractivity contribution in [3.63, 3.8) is 0 Å². The Balaban J connectivity index is 1.43. The van der Waals surface area contributed by atoms with Gasteiger partial charge in [-0.3, -0.25) is 24.6 Å². The molecule has 0 radical (unpaired) electrons. The summed E-state index contributed by atoms with van der Waals surface area (Å²) in [6, 6.07) is 19.0. The summed E-state index contributed by atoms with van der Waals surface area (Å²) in [5.74, 6) is -0.402. The van der Waals surface area contributed by atoms with E-state index in [0.29, 0.717) is 27.1 Å². The molecule has 36 heavy (non-hydrogen) atoms. The Morgan fingerprint density at radius 3 is 2.44 bits per heavy atom. The van der Waals surface area contributed by atoms with Crippen LogP contribution in [0.5, 0.6) is 0 Å². The number of carbonyl (C=O) groups is 2. The lowest BCUT2D eigenvalue weighted by Crippen LogP contribution is -2.27. The Morgan fingerprint density at radius 2 is 1.72 bits per heavy atom. The van der Waals surface area contributed by atoms with Gasteiger partial charge in [0.05, 0.1) is 16.4 Å². The molecule has 0 atom stereocenters. The molecule has 0 saturated carbocycles. The molecule has 0 spiro atoms. The highest BCUT2D eigenvalue weighted by Gasteiger charge is 2.35. The maximum atomic E-state index is 13.1. The van der Waals surface area contributed by atoms with Crippen molar-refractivity contribution in [3.8, 4) is 0 Å². The van der Waals surface area contributed by atoms with Crippen LogP contribution in [0.3, 0.4) is 0 Å². The van der Waals surface area contributed by atoms with Gasteiger partial charge in [0.2, 0.25) is 0 Å². The highest BCUT2D eigenvalue weighted by molar-refractivity contribution is 8.18. The van der Waals surface area contributed by atoms with E-state index in [4.69, 9.17) is 23.2 Å². The monoisotopic (exact) mass is 537 g/mol. The Bertz CT molecular complexity index is 1560. The van der Waals surface area contributed by atoms with Gasteiger partial charge in [-0.05, 0) is 47.2 Å². The van der Waals surface area contributed by atoms with Gasteiger partial charge in [0.15, 0.2) is 0 Å². The Morgan fingerprint density at radius 1 is 0.972 bits per heavy atom. The first-order valence-electron chi connectivity index (χ1n) is 10.8. The molecule has 0 N–H and O–H groups in total. The van der Waals surface area contributed by atoms with Crippen LogP contribution in [-0.2, 0) is 17.9 Å². The van der Waals surface area contributed by atoms with Gasteiger partial charge in [0.25, 0.3) is 16.8 Å². The molecule has 3 aromatic carbocycles. The number of hydrogen-bond acceptors (Lipinski definition) is 5. The smallest absolute Gasteiger partial charge is 0.293 e. The summed E-state index contributed by atoms with van der Waals surface area (Å²) >= 11 is 13.3. The third kappa shape index (κ3) is 4.75. The molecule has 1 aromatic heterocycles. The minimum atomic E-state index is -0.496. The van der Waals surface area contributed by atoms with E-state index in [1.807, 2.05) is 41.1 Å². The standard InChI is InChI=1S/C26H17Cl2N3O4S/c27-19-8-7-17(22(28)12-19)14-29-15-18(21-3-1-2-4-23(21)29)11-24-25(32)30(26(33)36-24)13-16-5-9-20(10-6-16)31(34)35/h1-12,15H,13-14H2/b24-11+. The first-order valence-corrected chi connectivity index (χ1v) is 12.4. The van der Waals surface area contributed by atoms with Crippen LogP contribution in [0.4, 0.5) is 10.5 Å². The van der Waals surface area contributed by atoms with E-state index >= 15 is 0 Å². The van der Waals surface area contributed by atoms with E-state index in [0.717, 1.165) is 38.7 Å². The largest absolute Gasteiger partial charge is 0.342 e. The van der Waals surface area contributed by atoms with Gasteiger partial charge in [-0.1, -0.05) is 59.6 Å². The van der Waals surface area contributed by atoms with E-state index in [1.165, 1.54) is 12.1 Å². The van der Waals surface area contributed by atoms with Crippen LogP contribution in [0, 0.1) is 10.1 Å². The van der Waals surface area contributed by atoms with E-state index < -0.39 is 10.8 Å². The molecule has 1 fully saturated rings. The van der Waals surface area contributed by atoms with Crippen molar-refractivity contribution in [2.24, 2.45) is 0 Å². The lowest BCUT2D eigenvalue weighted by molar-refractivity contribution is -0.384. The van der Waals surface area contributed by atoms with E-state index in [2.05, 4.69) is 0 Å². The van der Waals surface area contributed by atoms with E-state index in [1.54, 1.807) is 30.3 Å². The van der Waals surface area contributed by atoms with Crippen LogP contribution >= 0.6 is 35.0 Å². The molecule has 5 rings (SSSR count). The number of benzene rings is 3. The number of amides is 2. The molecule has 2 heterocycles. The number of rotatable bonds is 6. The van der Waals surface area contributed by atoms with Crippen LogP contribution in [-0.4, -0.2) is 25.5 Å². The molecule has 1 aliphatic rings. The number of imide groups is 1. The van der Waals surface area contributed by atoms with E-state index in [9.17, 15) is 19.7 Å². The summed E-state index contributed by atoms with van der Waals surface area (Å²) in [6.07, 6.45) is 3.66. The van der Waals surface area contributed by atoms with Crippen LogP contribution in [0.1, 0.15) is 16.7 Å². The van der Waals surface area contributed by atoms with Gasteiger partial charge in [0, 0.05) is 51.4 Å². The highest BCUT2D eigenvalue weighted by Crippen LogP contribution is 2.35. The normalized spacial score (nSPS) is 14.8. The fourth-order valence-corrected chi connectivity index (χ4v) is 5.34. The lowest BCUT2D eigenvalue weighted by Gasteiger charge is -2.12. The molecule has 2 amide bonds. The molecule has 0 unspecified atom stereocenters. The zero-order valence-electron chi connectivity index (χ0n) is 18.6. The van der Waals surface area contributed by atoms with Gasteiger partial charge in [-0.2, -0.15) is 0 Å². The quantitative estimate of drug-likeness (QED) is 0.148. The van der Waals surface area contributed by atoms with Crippen molar-refractivity contribution in [2.75, 3.05) is 0 Å². The van der Waals surface area contributed by atoms with Crippen molar-refractivity contribution in [3.05, 3.63) is 115 Å². The van der Waals surface area contributed by atoms with Crippen LogP contribution in [0.15, 0.2) is 77.8 Å². The maximum Gasteiger partial charge on any atom is 0.293 e. The minimum Gasteiger partial charge on any atom is -0.342 e. The predicted octanol–water partition coefficient (Wildman–Crippen LogP) is 7.14. The highest BCUT2D eigenvalue weighted by atomic mass is 35.5. The Hall–Kier alpha value is -3.59. The van der Waals surface area contributed by atoms with Crippen LogP contribution in [0.2, 0.25) is 10.0 Å². The number of carbonyl (C=O) groups excluding carboxylic acids is 2. The van der Waals surface area contributed by atoms with Gasteiger partial charge >= 0.3 is 0 Å². The number of fused-ring (bicyclic) bond motifs is 1. The molecule has 1 aliphatic heterocycles. The van der Waals surface area contributed by atoms with Gasteiger partial charge in [-0.25, -0.2) is 0 Å². The van der Waals surface area contributed by atoms with Crippen molar-refractivity contribution in [1.29, 1.82) is 0 Å². The average Bonchev–Trinajstić information content (AvgIpc) is 3.33. The van der Waals surface area contributed by atoms with Crippen molar-refractivity contribution in [2.45, 2.75) is 13.1 Å². The second-order valence-electron chi connectivity index (χ2n) is 8.16. The molecule has 7 nitrogen and oxygen atoms in total. The fraction of sp³-hybridized carbons (Fsp3) is 0.0769. The predicted molar refractivity (Wildman–Crippen MR) is 142 cm³/mol. The molecule has 1 saturated heterocycles. The SMILES string of the molecule is O=C1S/C(=C/c2cn(Cc3ccc(Cl)cc3Cl)c3ccccc23)C(=O)N1Cc1ccc([N+](=O)[O-])cc1. The van der Waals surface area contributed by atoms with Crippen molar-refractivity contribution in [1.82, 2.24) is 9.47 Å². The number of hydrogen-bond donors (Lipinski definition) is 0. The van der Waals surface area contributed by atoms with Crippen LogP contribution in [0.25, 0.3) is 17.0 Å². The van der Waals surface area contributed by atoms with Crippen molar-refractivity contribution >= 4 is 68.8 Å². The zero-order valence-corrected chi connectivity index (χ0v) is 20.9. The zero-order chi connectivity index (χ0) is 25.4. The average molecular weight is 538 g/mol. The molecular formula is C26H17Cl2N3O4S. The first-order chi connectivity index (χ1) is 17.3. The van der Waals surface area contributed by atoms with Gasteiger partial charge in [0.1, 0.15) is 0 Å². The second-order valence-corrected chi connectivity index (χ2v) is 9.99. The molecular weight excluding hydrogens is 521 g/mol. The molecule has 0 bridgehead atoms. The Labute approximate surface area is 220 Å². The van der Waals surface area contributed by atoms with Crippen LogP contribution < -0.4 is 0 Å². The van der Waals surface area contributed by atoms with Gasteiger partial charge < -0.3 is 4.57 Å². The number of thioether (sulfide) groups is 1. The minimum absolute atomic E-state index is 0.0385. The Kier molecular flexibility index (Phi) is 6.57. The summed E-state index contributed by atoms with van der Waals surface area (Å²) in [7, 11) is 0. The first kappa shape index (κ1) is 24.1. The fourth-order valence-electron chi connectivity index (χ4n) is 4.04. The maximum absolute atomic E-state index is 13.1. The number of nitro benzene ring substituents is 1. The molecule has 180 valence electrons. The third-order valence-corrected chi connectivity index (χ3v) is 7.32. The summed E-state index contributed by atoms with van der Waals surface area (Å²) < 4.78 is 2.04. The number of halogens is 2. The number of non-ortho nitro benzene ring substituents is 1. The summed E-state index contributed by atoms with van der Waals surface area (Å²) in [5.41, 5.74) is 3.23. The van der Waals surface area contributed by atoms with Gasteiger partial charge in [-0.15, -0.1) is 0 Å². The number of aromatic nitrogens is 1. The lowest BCUT2D eigenvalue weighted by atomic mass is 10.1. The number of nitro groups is 1. The number of nitrogens with zero attached hydrogens (tertiary/aromatic N) is 3. The van der Waals surface area contributed by atoms with Crippen molar-refractivity contribution < 1.29 is 14.5 Å². The third-order valence-electron chi connectivity index (χ3n) is 5.82. The molecule has 10 heteroatoms. The summed E-state index contributed by atoms with van der Waals surface area (Å²) in [6.45, 7) is 0.544. The second kappa shape index (κ2) is 9.81.